The number of methoxy groups -OCH3 is 1. The number of amidine groups is 1. The molecule has 11 heteroatoms. The molecule has 1 unspecified atom stereocenters. The van der Waals surface area contributed by atoms with Gasteiger partial charge >= 0.3 is 5.97 Å². The Morgan fingerprint density at radius 2 is 1.95 bits per heavy atom. The molecule has 0 fully saturated rings. The van der Waals surface area contributed by atoms with Crippen molar-refractivity contribution in [3.05, 3.63) is 69.3 Å². The topological polar surface area (TPSA) is 106 Å². The first-order chi connectivity index (χ1) is 17.4. The number of amides is 1. The lowest BCUT2D eigenvalue weighted by atomic mass is 9.66. The molecule has 3 aromatic rings. The summed E-state index contributed by atoms with van der Waals surface area (Å²) >= 11 is 6.97. The van der Waals surface area contributed by atoms with Crippen molar-refractivity contribution < 1.29 is 23.8 Å². The van der Waals surface area contributed by atoms with E-state index in [-0.39, 0.29) is 21.6 Å². The third-order valence-electron chi connectivity index (χ3n) is 6.74. The van der Waals surface area contributed by atoms with Gasteiger partial charge in [-0.1, -0.05) is 30.7 Å². The van der Waals surface area contributed by atoms with Gasteiger partial charge in [0.2, 0.25) is 11.0 Å². The predicted molar refractivity (Wildman–Crippen MR) is 140 cm³/mol. The number of benzene rings is 2. The SMILES string of the molecule is COC(=O)/C=C1\SC(N=Nc2c(O)n3c4c(cc(F)cc24)C(C)(c2ccc(Cl)cc2)CC3(C)C)=NC1=O. The number of azo groups is 1. The molecule has 1 atom stereocenters. The Hall–Kier alpha value is -3.50. The van der Waals surface area contributed by atoms with Crippen LogP contribution in [0.4, 0.5) is 10.1 Å². The molecule has 0 spiro atoms. The van der Waals surface area contributed by atoms with Gasteiger partial charge in [0, 0.05) is 27.4 Å². The maximum atomic E-state index is 15.0. The average molecular weight is 541 g/mol. The average Bonchev–Trinajstić information content (AvgIpc) is 3.32. The molecule has 0 saturated heterocycles. The second-order valence-electron chi connectivity index (χ2n) is 9.72. The Bertz CT molecular complexity index is 1580. The molecule has 2 aromatic carbocycles. The van der Waals surface area contributed by atoms with Crippen LogP contribution in [0.15, 0.2) is 62.6 Å². The highest BCUT2D eigenvalue weighted by Gasteiger charge is 2.45. The van der Waals surface area contributed by atoms with Crippen molar-refractivity contribution in [2.24, 2.45) is 15.2 Å². The first-order valence-electron chi connectivity index (χ1n) is 11.3. The van der Waals surface area contributed by atoms with Gasteiger partial charge in [-0.25, -0.2) is 9.18 Å². The molecule has 1 N–H and O–H groups in total. The van der Waals surface area contributed by atoms with Gasteiger partial charge in [0.05, 0.1) is 17.5 Å². The second kappa shape index (κ2) is 8.81. The van der Waals surface area contributed by atoms with Crippen LogP contribution < -0.4 is 0 Å². The van der Waals surface area contributed by atoms with E-state index in [9.17, 15) is 14.7 Å². The number of carbonyl (C=O) groups excluding carboxylic acids is 2. The van der Waals surface area contributed by atoms with Gasteiger partial charge in [0.15, 0.2) is 5.69 Å². The number of aromatic nitrogens is 1. The molecular weight excluding hydrogens is 519 g/mol. The minimum absolute atomic E-state index is 0.0165. The van der Waals surface area contributed by atoms with Crippen molar-refractivity contribution in [1.29, 1.82) is 0 Å². The van der Waals surface area contributed by atoms with Crippen LogP contribution in [-0.2, 0) is 25.3 Å². The van der Waals surface area contributed by atoms with E-state index in [0.29, 0.717) is 27.9 Å². The van der Waals surface area contributed by atoms with Crippen LogP contribution >= 0.6 is 23.4 Å². The van der Waals surface area contributed by atoms with E-state index >= 15 is 4.39 Å². The molecule has 37 heavy (non-hydrogen) atoms. The molecule has 8 nitrogen and oxygen atoms in total. The Labute approximate surface area is 220 Å². The summed E-state index contributed by atoms with van der Waals surface area (Å²) in [7, 11) is 1.20. The predicted octanol–water partition coefficient (Wildman–Crippen LogP) is 6.35. The number of rotatable bonds is 3. The number of carbonyl (C=O) groups is 2. The number of ether oxygens (including phenoxy) is 1. The lowest BCUT2D eigenvalue weighted by Crippen LogP contribution is -2.41. The number of aromatic hydroxyl groups is 1. The zero-order valence-corrected chi connectivity index (χ0v) is 21.9. The molecule has 2 aliphatic heterocycles. The van der Waals surface area contributed by atoms with E-state index in [4.69, 9.17) is 11.6 Å². The summed E-state index contributed by atoms with van der Waals surface area (Å²) in [6, 6.07) is 10.3. The van der Waals surface area contributed by atoms with E-state index in [1.165, 1.54) is 19.2 Å². The van der Waals surface area contributed by atoms with Crippen molar-refractivity contribution in [3.63, 3.8) is 0 Å². The number of hydrogen-bond donors (Lipinski definition) is 1. The maximum absolute atomic E-state index is 15.0. The fraction of sp³-hybridized carbons (Fsp3) is 0.269. The number of esters is 1. The van der Waals surface area contributed by atoms with Crippen molar-refractivity contribution in [3.8, 4) is 5.88 Å². The number of nitrogens with zero attached hydrogens (tertiary/aromatic N) is 4. The zero-order chi connectivity index (χ0) is 26.7. The highest BCUT2D eigenvalue weighted by atomic mass is 35.5. The van der Waals surface area contributed by atoms with Crippen molar-refractivity contribution >= 4 is 57.0 Å². The summed E-state index contributed by atoms with van der Waals surface area (Å²) < 4.78 is 21.3. The first kappa shape index (κ1) is 25.2. The summed E-state index contributed by atoms with van der Waals surface area (Å²) in [5.41, 5.74) is 1.20. The van der Waals surface area contributed by atoms with Crippen LogP contribution in [0.5, 0.6) is 5.88 Å². The minimum Gasteiger partial charge on any atom is -0.493 e. The zero-order valence-electron chi connectivity index (χ0n) is 20.4. The summed E-state index contributed by atoms with van der Waals surface area (Å²) in [6.45, 7) is 6.03. The van der Waals surface area contributed by atoms with E-state index in [1.807, 2.05) is 32.9 Å². The molecule has 1 aromatic heterocycles. The monoisotopic (exact) mass is 540 g/mol. The van der Waals surface area contributed by atoms with E-state index in [2.05, 4.69) is 20.0 Å². The van der Waals surface area contributed by atoms with Gasteiger partial charge < -0.3 is 14.4 Å². The van der Waals surface area contributed by atoms with E-state index in [0.717, 1.165) is 23.4 Å². The smallest absolute Gasteiger partial charge is 0.331 e. The van der Waals surface area contributed by atoms with Crippen LogP contribution in [0.25, 0.3) is 10.9 Å². The van der Waals surface area contributed by atoms with Gasteiger partial charge in [-0.3, -0.25) is 4.79 Å². The van der Waals surface area contributed by atoms with Crippen LogP contribution in [-0.4, -0.2) is 33.8 Å². The number of halogens is 2. The highest BCUT2D eigenvalue weighted by molar-refractivity contribution is 8.18. The lowest BCUT2D eigenvalue weighted by Gasteiger charge is -2.45. The fourth-order valence-electron chi connectivity index (χ4n) is 5.28. The molecule has 3 heterocycles. The molecule has 190 valence electrons. The van der Waals surface area contributed by atoms with Crippen LogP contribution in [0.1, 0.15) is 38.3 Å². The quantitative estimate of drug-likeness (QED) is 0.236. The lowest BCUT2D eigenvalue weighted by molar-refractivity contribution is -0.135. The van der Waals surface area contributed by atoms with Crippen LogP contribution in [0, 0.1) is 5.82 Å². The molecule has 2 aliphatic rings. The number of thioether (sulfide) groups is 1. The van der Waals surface area contributed by atoms with Gasteiger partial charge in [0.1, 0.15) is 5.82 Å². The van der Waals surface area contributed by atoms with Gasteiger partial charge in [0.25, 0.3) is 5.91 Å². The Morgan fingerprint density at radius 3 is 2.62 bits per heavy atom. The fourth-order valence-corrected chi connectivity index (χ4v) is 6.10. The standard InChI is InChI=1S/C26H22ClFN4O4S/c1-25(2)12-26(3,13-5-7-14(27)8-6-13)17-10-15(28)9-16-20(23(35)32(25)21(16)17)30-31-24-29-22(34)18(37-24)11-19(33)36-4/h5-11,35H,12H2,1-4H3/b18-11-,31-30?. The molecule has 1 amide bonds. The summed E-state index contributed by atoms with van der Waals surface area (Å²) in [5.74, 6) is -2.00. The van der Waals surface area contributed by atoms with E-state index < -0.39 is 28.6 Å². The van der Waals surface area contributed by atoms with Gasteiger partial charge in [-0.05, 0) is 67.4 Å². The first-order valence-corrected chi connectivity index (χ1v) is 12.5. The third-order valence-corrected chi connectivity index (χ3v) is 7.86. The van der Waals surface area contributed by atoms with Gasteiger partial charge in [-0.15, -0.1) is 10.2 Å². The number of aliphatic imine (C=N–C) groups is 1. The largest absolute Gasteiger partial charge is 0.493 e. The second-order valence-corrected chi connectivity index (χ2v) is 11.2. The van der Waals surface area contributed by atoms with Crippen molar-refractivity contribution in [2.75, 3.05) is 7.11 Å². The Balaban J connectivity index is 1.65. The normalized spacial score (nSPS) is 21.7. The minimum atomic E-state index is -0.697. The highest BCUT2D eigenvalue weighted by Crippen LogP contribution is 2.55. The summed E-state index contributed by atoms with van der Waals surface area (Å²) in [6.07, 6.45) is 1.58. The maximum Gasteiger partial charge on any atom is 0.331 e. The van der Waals surface area contributed by atoms with Gasteiger partial charge in [-0.2, -0.15) is 4.99 Å². The summed E-state index contributed by atoms with van der Waals surface area (Å²) in [4.78, 5) is 27.4. The molecule has 0 saturated carbocycles. The third kappa shape index (κ3) is 4.14. The van der Waals surface area contributed by atoms with Crippen LogP contribution in [0.2, 0.25) is 5.02 Å². The molecule has 0 radical (unpaired) electrons. The summed E-state index contributed by atoms with van der Waals surface area (Å²) in [5, 5.41) is 20.5. The molecular formula is C26H22ClFN4O4S. The molecule has 0 bridgehead atoms. The van der Waals surface area contributed by atoms with Crippen molar-refractivity contribution in [2.45, 2.75) is 38.1 Å². The molecule has 0 aliphatic carbocycles. The van der Waals surface area contributed by atoms with Crippen LogP contribution in [0.3, 0.4) is 0 Å². The molecule has 5 rings (SSSR count). The Morgan fingerprint density at radius 1 is 1.24 bits per heavy atom. The van der Waals surface area contributed by atoms with E-state index in [1.54, 1.807) is 16.7 Å². The number of hydrogen-bond acceptors (Lipinski definition) is 7. The van der Waals surface area contributed by atoms with Crippen molar-refractivity contribution in [1.82, 2.24) is 4.57 Å². The Kier molecular flexibility index (Phi) is 5.99.